The van der Waals surface area contributed by atoms with Crippen LogP contribution in [0.2, 0.25) is 5.02 Å². The summed E-state index contributed by atoms with van der Waals surface area (Å²) in [4.78, 5) is 0. The van der Waals surface area contributed by atoms with Gasteiger partial charge in [-0.15, -0.1) is 0 Å². The highest BCUT2D eigenvalue weighted by atomic mass is 35.5. The summed E-state index contributed by atoms with van der Waals surface area (Å²) in [5.74, 6) is 0.627. The van der Waals surface area contributed by atoms with Crippen molar-refractivity contribution < 1.29 is 13.9 Å². The van der Waals surface area contributed by atoms with Gasteiger partial charge in [0.1, 0.15) is 5.82 Å². The predicted octanol–water partition coefficient (Wildman–Crippen LogP) is 4.44. The Morgan fingerprint density at radius 1 is 1.26 bits per heavy atom. The van der Waals surface area contributed by atoms with Crippen LogP contribution in [0.15, 0.2) is 30.3 Å². The Bertz CT molecular complexity index is 640. The van der Waals surface area contributed by atoms with Crippen LogP contribution in [-0.4, -0.2) is 6.79 Å². The van der Waals surface area contributed by atoms with Crippen molar-refractivity contribution in [2.24, 2.45) is 0 Å². The third-order valence-corrected chi connectivity index (χ3v) is 3.50. The topological polar surface area (TPSA) is 18.5 Å². The molecule has 1 aliphatic heterocycles. The van der Waals surface area contributed by atoms with Gasteiger partial charge in [0.15, 0.2) is 11.5 Å². The molecule has 98 valence electrons. The smallest absolute Gasteiger partial charge is 0.231 e. The number of hydrogen-bond acceptors (Lipinski definition) is 2. The molecule has 0 radical (unpaired) electrons. The summed E-state index contributed by atoms with van der Waals surface area (Å²) in [5, 5.41) is 0.586. The number of rotatable bonds is 2. The van der Waals surface area contributed by atoms with Crippen molar-refractivity contribution in [2.75, 3.05) is 6.79 Å². The molecule has 0 aliphatic carbocycles. The molecule has 0 N–H and O–H groups in total. The highest BCUT2D eigenvalue weighted by Crippen LogP contribution is 2.45. The van der Waals surface area contributed by atoms with Crippen LogP contribution < -0.4 is 9.47 Å². The summed E-state index contributed by atoms with van der Waals surface area (Å²) in [6, 6.07) is 8.43. The molecule has 2 aromatic rings. The fraction of sp³-hybridized carbons (Fsp3) is 0.200. The fourth-order valence-electron chi connectivity index (χ4n) is 2.33. The van der Waals surface area contributed by atoms with Gasteiger partial charge in [-0.25, -0.2) is 4.39 Å². The van der Waals surface area contributed by atoms with E-state index in [4.69, 9.17) is 21.1 Å². The average Bonchev–Trinajstić information content (AvgIpc) is 2.85. The Morgan fingerprint density at radius 2 is 2.11 bits per heavy atom. The van der Waals surface area contributed by atoms with Gasteiger partial charge >= 0.3 is 0 Å². The fourth-order valence-corrected chi connectivity index (χ4v) is 2.62. The van der Waals surface area contributed by atoms with Crippen LogP contribution in [0.25, 0.3) is 11.1 Å². The summed E-state index contributed by atoms with van der Waals surface area (Å²) in [6.45, 7) is 2.14. The lowest BCUT2D eigenvalue weighted by Crippen LogP contribution is -1.95. The second-order valence-electron chi connectivity index (χ2n) is 4.31. The van der Waals surface area contributed by atoms with Crippen LogP contribution in [0, 0.1) is 5.82 Å². The molecule has 0 saturated heterocycles. The SMILES string of the molecule is CCc1cccc(Cl)c1-c1cc(F)cc2c1OCO2. The highest BCUT2D eigenvalue weighted by molar-refractivity contribution is 6.33. The van der Waals surface area contributed by atoms with Gasteiger partial charge in [-0.05, 0) is 24.1 Å². The lowest BCUT2D eigenvalue weighted by molar-refractivity contribution is 0.174. The maximum absolute atomic E-state index is 13.7. The van der Waals surface area contributed by atoms with Crippen molar-refractivity contribution in [3.8, 4) is 22.6 Å². The lowest BCUT2D eigenvalue weighted by atomic mass is 9.97. The zero-order valence-electron chi connectivity index (χ0n) is 10.4. The van der Waals surface area contributed by atoms with Crippen molar-refractivity contribution in [1.29, 1.82) is 0 Å². The first-order valence-electron chi connectivity index (χ1n) is 6.07. The zero-order valence-corrected chi connectivity index (χ0v) is 11.1. The molecule has 0 spiro atoms. The van der Waals surface area contributed by atoms with E-state index in [2.05, 4.69) is 0 Å². The van der Waals surface area contributed by atoms with Gasteiger partial charge in [0.05, 0.1) is 0 Å². The summed E-state index contributed by atoms with van der Waals surface area (Å²) >= 11 is 6.28. The predicted molar refractivity (Wildman–Crippen MR) is 72.3 cm³/mol. The van der Waals surface area contributed by atoms with Gasteiger partial charge < -0.3 is 9.47 Å². The molecule has 3 rings (SSSR count). The van der Waals surface area contributed by atoms with Crippen LogP contribution in [0.1, 0.15) is 12.5 Å². The lowest BCUT2D eigenvalue weighted by Gasteiger charge is -2.12. The van der Waals surface area contributed by atoms with Crippen molar-refractivity contribution in [3.63, 3.8) is 0 Å². The Hall–Kier alpha value is -1.74. The molecule has 1 aliphatic rings. The zero-order chi connectivity index (χ0) is 13.4. The number of ether oxygens (including phenoxy) is 2. The van der Waals surface area contributed by atoms with Crippen LogP contribution in [-0.2, 0) is 6.42 Å². The number of hydrogen-bond donors (Lipinski definition) is 0. The molecule has 0 saturated carbocycles. The van der Waals surface area contributed by atoms with E-state index >= 15 is 0 Å². The minimum Gasteiger partial charge on any atom is -0.453 e. The number of halogens is 2. The molecule has 2 aromatic carbocycles. The summed E-state index contributed by atoms with van der Waals surface area (Å²) < 4.78 is 24.4. The van der Waals surface area contributed by atoms with Crippen molar-refractivity contribution in [1.82, 2.24) is 0 Å². The van der Waals surface area contributed by atoms with Gasteiger partial charge in [0.25, 0.3) is 0 Å². The number of aryl methyl sites for hydroxylation is 1. The van der Waals surface area contributed by atoms with Gasteiger partial charge in [0, 0.05) is 22.2 Å². The molecule has 0 fully saturated rings. The van der Waals surface area contributed by atoms with Crippen molar-refractivity contribution in [3.05, 3.63) is 46.7 Å². The molecule has 0 atom stereocenters. The molecular formula is C15H12ClFO2. The first-order valence-corrected chi connectivity index (χ1v) is 6.45. The van der Waals surface area contributed by atoms with Crippen LogP contribution >= 0.6 is 11.6 Å². The van der Waals surface area contributed by atoms with Crippen LogP contribution in [0.3, 0.4) is 0 Å². The monoisotopic (exact) mass is 278 g/mol. The molecule has 0 aromatic heterocycles. The van der Waals surface area contributed by atoms with Gasteiger partial charge in [-0.3, -0.25) is 0 Å². The van der Waals surface area contributed by atoms with E-state index in [0.717, 1.165) is 17.5 Å². The minimum atomic E-state index is -0.360. The maximum atomic E-state index is 13.7. The molecular weight excluding hydrogens is 267 g/mol. The summed E-state index contributed by atoms with van der Waals surface area (Å²) in [6.07, 6.45) is 0.808. The third-order valence-electron chi connectivity index (χ3n) is 3.19. The quantitative estimate of drug-likeness (QED) is 0.809. The minimum absolute atomic E-state index is 0.109. The number of fused-ring (bicyclic) bond motifs is 1. The van der Waals surface area contributed by atoms with Gasteiger partial charge in [0.2, 0.25) is 6.79 Å². The van der Waals surface area contributed by atoms with Gasteiger partial charge in [-0.1, -0.05) is 30.7 Å². The van der Waals surface area contributed by atoms with Crippen LogP contribution in [0.4, 0.5) is 4.39 Å². The van der Waals surface area contributed by atoms with E-state index in [9.17, 15) is 4.39 Å². The highest BCUT2D eigenvalue weighted by Gasteiger charge is 2.23. The average molecular weight is 279 g/mol. The summed E-state index contributed by atoms with van der Waals surface area (Å²) in [7, 11) is 0. The Kier molecular flexibility index (Phi) is 3.07. The molecule has 2 nitrogen and oxygen atoms in total. The van der Waals surface area contributed by atoms with E-state index in [0.29, 0.717) is 22.1 Å². The molecule has 0 unspecified atom stereocenters. The Labute approximate surface area is 115 Å². The molecule has 4 heteroatoms. The second-order valence-corrected chi connectivity index (χ2v) is 4.72. The first kappa shape index (κ1) is 12.3. The van der Waals surface area contributed by atoms with E-state index in [1.807, 2.05) is 19.1 Å². The van der Waals surface area contributed by atoms with Gasteiger partial charge in [-0.2, -0.15) is 0 Å². The molecule has 0 amide bonds. The standard InChI is InChI=1S/C15H12ClFO2/c1-2-9-4-3-5-12(16)14(9)11-6-10(17)7-13-15(11)19-8-18-13/h3-7H,2,8H2,1H3. The van der Waals surface area contributed by atoms with E-state index < -0.39 is 0 Å². The van der Waals surface area contributed by atoms with E-state index in [1.165, 1.54) is 12.1 Å². The second kappa shape index (κ2) is 4.74. The van der Waals surface area contributed by atoms with E-state index in [1.54, 1.807) is 6.07 Å². The first-order chi connectivity index (χ1) is 9.20. The Balaban J connectivity index is 2.29. The molecule has 0 bridgehead atoms. The van der Waals surface area contributed by atoms with Crippen molar-refractivity contribution >= 4 is 11.6 Å². The normalized spacial score (nSPS) is 12.8. The van der Waals surface area contributed by atoms with Crippen LogP contribution in [0.5, 0.6) is 11.5 Å². The summed E-state index contributed by atoms with van der Waals surface area (Å²) in [5.41, 5.74) is 2.51. The maximum Gasteiger partial charge on any atom is 0.231 e. The Morgan fingerprint density at radius 3 is 2.89 bits per heavy atom. The van der Waals surface area contributed by atoms with Crippen molar-refractivity contribution in [2.45, 2.75) is 13.3 Å². The third kappa shape index (κ3) is 2.04. The molecule has 1 heterocycles. The molecule has 19 heavy (non-hydrogen) atoms. The largest absolute Gasteiger partial charge is 0.453 e. The number of benzene rings is 2. The van der Waals surface area contributed by atoms with E-state index in [-0.39, 0.29) is 12.6 Å².